The number of esters is 1. The predicted molar refractivity (Wildman–Crippen MR) is 86.6 cm³/mol. The van der Waals surface area contributed by atoms with Crippen LogP contribution in [-0.4, -0.2) is 37.5 Å². The lowest BCUT2D eigenvalue weighted by Gasteiger charge is -2.05. The molecule has 0 aliphatic heterocycles. The Balaban J connectivity index is 2.13. The van der Waals surface area contributed by atoms with E-state index in [1.54, 1.807) is 18.4 Å². The molecule has 2 rings (SSSR count). The Morgan fingerprint density at radius 3 is 2.78 bits per heavy atom. The molecule has 0 aliphatic carbocycles. The summed E-state index contributed by atoms with van der Waals surface area (Å²) >= 11 is 1.36. The first-order valence-electron chi connectivity index (χ1n) is 7.57. The lowest BCUT2D eigenvalue weighted by atomic mass is 10.2. The highest BCUT2D eigenvalue weighted by Gasteiger charge is 2.20. The minimum Gasteiger partial charge on any atom is -0.462 e. The van der Waals surface area contributed by atoms with Crippen molar-refractivity contribution in [1.29, 1.82) is 0 Å². The van der Waals surface area contributed by atoms with Crippen LogP contribution in [0.15, 0.2) is 9.95 Å². The molecule has 9 heteroatoms. The van der Waals surface area contributed by atoms with Crippen LogP contribution in [0.5, 0.6) is 0 Å². The number of aryl methyl sites for hydroxylation is 1. The zero-order chi connectivity index (χ0) is 16.8. The number of hydrogen-bond donors (Lipinski definition) is 2. The van der Waals surface area contributed by atoms with Gasteiger partial charge < -0.3 is 4.74 Å². The Labute approximate surface area is 138 Å². The number of hydrogen-bond acceptors (Lipinski definition) is 6. The van der Waals surface area contributed by atoms with E-state index in [2.05, 4.69) is 27.3 Å². The summed E-state index contributed by atoms with van der Waals surface area (Å²) in [6.07, 6.45) is 1.90. The fourth-order valence-corrected chi connectivity index (χ4v) is 3.03. The van der Waals surface area contributed by atoms with Gasteiger partial charge in [0.1, 0.15) is 5.56 Å². The van der Waals surface area contributed by atoms with Gasteiger partial charge >= 0.3 is 11.7 Å². The molecular weight excluding hydrogens is 318 g/mol. The van der Waals surface area contributed by atoms with Crippen LogP contribution in [0.2, 0.25) is 0 Å². The Hall–Kier alpha value is -2.03. The highest BCUT2D eigenvalue weighted by molar-refractivity contribution is 7.98. The largest absolute Gasteiger partial charge is 0.462 e. The van der Waals surface area contributed by atoms with E-state index < -0.39 is 0 Å². The van der Waals surface area contributed by atoms with E-state index >= 15 is 0 Å². The van der Waals surface area contributed by atoms with E-state index in [-0.39, 0.29) is 11.7 Å². The maximum absolute atomic E-state index is 12.0. The van der Waals surface area contributed by atoms with Gasteiger partial charge in [0.15, 0.2) is 5.16 Å². The number of carbonyl (C=O) groups excluding carboxylic acids is 1. The molecular formula is C14H21N5O3S. The van der Waals surface area contributed by atoms with Crippen molar-refractivity contribution in [3.05, 3.63) is 27.4 Å². The molecule has 8 nitrogen and oxygen atoms in total. The average Bonchev–Trinajstić information content (AvgIpc) is 3.06. The number of unbranched alkanes of at least 4 members (excludes halogenated alkanes) is 1. The first kappa shape index (κ1) is 17.3. The maximum Gasteiger partial charge on any atom is 0.343 e. The number of carbonyl (C=O) groups is 1. The van der Waals surface area contributed by atoms with Crippen LogP contribution >= 0.6 is 11.8 Å². The van der Waals surface area contributed by atoms with Gasteiger partial charge in [-0.3, -0.25) is 9.67 Å². The third-order valence-corrected chi connectivity index (χ3v) is 4.29. The van der Waals surface area contributed by atoms with Gasteiger partial charge in [-0.2, -0.15) is 5.10 Å². The topological polar surface area (TPSA) is 106 Å². The van der Waals surface area contributed by atoms with Gasteiger partial charge in [0.25, 0.3) is 0 Å². The molecule has 0 radical (unpaired) electrons. The molecule has 0 unspecified atom stereocenters. The minimum absolute atomic E-state index is 0.218. The van der Waals surface area contributed by atoms with Crippen LogP contribution in [0, 0.1) is 6.92 Å². The van der Waals surface area contributed by atoms with Crippen molar-refractivity contribution in [2.45, 2.75) is 51.1 Å². The quantitative estimate of drug-likeness (QED) is 0.562. The van der Waals surface area contributed by atoms with E-state index in [9.17, 15) is 9.59 Å². The molecule has 23 heavy (non-hydrogen) atoms. The summed E-state index contributed by atoms with van der Waals surface area (Å²) in [6, 6.07) is 0. The first-order valence-corrected chi connectivity index (χ1v) is 8.56. The number of nitrogens with one attached hydrogen (secondary N) is 2. The molecule has 0 amide bonds. The van der Waals surface area contributed by atoms with Crippen molar-refractivity contribution in [2.75, 3.05) is 6.61 Å². The number of rotatable bonds is 8. The van der Waals surface area contributed by atoms with Gasteiger partial charge in [-0.15, -0.1) is 5.10 Å². The van der Waals surface area contributed by atoms with E-state index in [0.29, 0.717) is 41.0 Å². The number of thioether (sulfide) groups is 1. The smallest absolute Gasteiger partial charge is 0.343 e. The average molecular weight is 339 g/mol. The molecule has 0 bridgehead atoms. The number of aromatic amines is 2. The molecule has 0 spiro atoms. The van der Waals surface area contributed by atoms with Gasteiger partial charge in [-0.05, 0) is 20.3 Å². The fraction of sp³-hybridized carbons (Fsp3) is 0.571. The monoisotopic (exact) mass is 339 g/mol. The maximum atomic E-state index is 12.0. The Bertz CT molecular complexity index is 718. The van der Waals surface area contributed by atoms with Crippen molar-refractivity contribution in [1.82, 2.24) is 25.0 Å². The molecule has 0 saturated carbocycles. The number of H-pyrrole nitrogens is 2. The number of aromatic nitrogens is 5. The molecule has 0 aliphatic rings. The van der Waals surface area contributed by atoms with Crippen molar-refractivity contribution in [3.63, 3.8) is 0 Å². The summed E-state index contributed by atoms with van der Waals surface area (Å²) in [5.74, 6) is 0.0364. The molecule has 2 N–H and O–H groups in total. The standard InChI is InChI=1S/C14H21N5O3S/c1-4-6-7-19-13(21)17-18-14(19)23-8-10-11(9(3)15-16-10)12(20)22-5-2/h4-8H2,1-3H3,(H,15,16)(H,17,21). The zero-order valence-electron chi connectivity index (χ0n) is 13.5. The lowest BCUT2D eigenvalue weighted by molar-refractivity contribution is 0.0524. The van der Waals surface area contributed by atoms with Crippen molar-refractivity contribution >= 4 is 17.7 Å². The van der Waals surface area contributed by atoms with E-state index in [0.717, 1.165) is 12.8 Å². The number of ether oxygens (including phenoxy) is 1. The van der Waals surface area contributed by atoms with Crippen molar-refractivity contribution in [2.24, 2.45) is 0 Å². The summed E-state index contributed by atoms with van der Waals surface area (Å²) in [6.45, 7) is 6.54. The van der Waals surface area contributed by atoms with Crippen LogP contribution in [0.25, 0.3) is 0 Å². The van der Waals surface area contributed by atoms with Gasteiger partial charge in [0.2, 0.25) is 0 Å². The van der Waals surface area contributed by atoms with Gasteiger partial charge in [0.05, 0.1) is 12.3 Å². The lowest BCUT2D eigenvalue weighted by Crippen LogP contribution is -2.17. The first-order chi connectivity index (χ1) is 11.1. The van der Waals surface area contributed by atoms with Gasteiger partial charge in [-0.25, -0.2) is 14.7 Å². The Morgan fingerprint density at radius 1 is 1.30 bits per heavy atom. The predicted octanol–water partition coefficient (Wildman–Crippen LogP) is 1.87. The van der Waals surface area contributed by atoms with Gasteiger partial charge in [-0.1, -0.05) is 25.1 Å². The second kappa shape index (κ2) is 8.00. The molecule has 2 aromatic rings. The molecule has 2 aromatic heterocycles. The molecule has 126 valence electrons. The van der Waals surface area contributed by atoms with Crippen molar-refractivity contribution < 1.29 is 9.53 Å². The molecule has 2 heterocycles. The second-order valence-corrected chi connectivity index (χ2v) is 5.94. The van der Waals surface area contributed by atoms with Crippen LogP contribution in [0.1, 0.15) is 48.4 Å². The molecule has 0 atom stereocenters. The van der Waals surface area contributed by atoms with Gasteiger partial charge in [0, 0.05) is 18.0 Å². The molecule has 0 saturated heterocycles. The van der Waals surface area contributed by atoms with Crippen LogP contribution in [-0.2, 0) is 17.0 Å². The highest BCUT2D eigenvalue weighted by atomic mass is 32.2. The summed E-state index contributed by atoms with van der Waals surface area (Å²) in [7, 11) is 0. The minimum atomic E-state index is -0.389. The van der Waals surface area contributed by atoms with E-state index in [1.807, 2.05) is 0 Å². The third-order valence-electron chi connectivity index (χ3n) is 3.30. The molecule has 0 aromatic carbocycles. The normalized spacial score (nSPS) is 10.9. The Kier molecular flexibility index (Phi) is 6.03. The summed E-state index contributed by atoms with van der Waals surface area (Å²) in [4.78, 5) is 23.8. The summed E-state index contributed by atoms with van der Waals surface area (Å²) in [5, 5.41) is 14.1. The van der Waals surface area contributed by atoms with Crippen LogP contribution < -0.4 is 5.69 Å². The van der Waals surface area contributed by atoms with Crippen LogP contribution in [0.4, 0.5) is 0 Å². The van der Waals surface area contributed by atoms with Crippen LogP contribution in [0.3, 0.4) is 0 Å². The summed E-state index contributed by atoms with van der Waals surface area (Å²) < 4.78 is 6.66. The zero-order valence-corrected chi connectivity index (χ0v) is 14.3. The fourth-order valence-electron chi connectivity index (χ4n) is 2.12. The van der Waals surface area contributed by atoms with E-state index in [4.69, 9.17) is 4.74 Å². The van der Waals surface area contributed by atoms with E-state index in [1.165, 1.54) is 11.8 Å². The second-order valence-electron chi connectivity index (χ2n) is 5.00. The number of nitrogens with zero attached hydrogens (tertiary/aromatic N) is 3. The van der Waals surface area contributed by atoms with Crippen molar-refractivity contribution in [3.8, 4) is 0 Å². The SMILES string of the molecule is CCCCn1c(SCc2n[nH]c(C)c2C(=O)OCC)n[nH]c1=O. The molecule has 0 fully saturated rings. The summed E-state index contributed by atoms with van der Waals surface area (Å²) in [5.41, 5.74) is 1.51. The Morgan fingerprint density at radius 2 is 2.09 bits per heavy atom. The highest BCUT2D eigenvalue weighted by Crippen LogP contribution is 2.23. The third kappa shape index (κ3) is 4.04.